The first kappa shape index (κ1) is 17.4. The minimum atomic E-state index is -0.288. The van der Waals surface area contributed by atoms with Crippen LogP contribution in [0.3, 0.4) is 0 Å². The van der Waals surface area contributed by atoms with Gasteiger partial charge in [0.2, 0.25) is 5.88 Å². The molecule has 6 nitrogen and oxygen atoms in total. The fraction of sp³-hybridized carbons (Fsp3) is 0.286. The maximum atomic E-state index is 9.75. The summed E-state index contributed by atoms with van der Waals surface area (Å²) in [6.07, 6.45) is -0.288. The predicted molar refractivity (Wildman–Crippen MR) is 101 cm³/mol. The smallest absolute Gasteiger partial charge is 0.200 e. The standard InChI is InChI=1S/C21H22N4O2/c1-13-18-19(16(11-22)20(23)27-21(18)25-24-13)15-9-5-6-10-17(15)26-12-14-7-3-2-4-8-14/h2-10,13,18-19,21,24-25H,12,23H2,1H3. The molecule has 0 aliphatic carbocycles. The molecule has 0 bridgehead atoms. The van der Waals surface area contributed by atoms with E-state index in [-0.39, 0.29) is 30.0 Å². The minimum Gasteiger partial charge on any atom is -0.489 e. The van der Waals surface area contributed by atoms with Gasteiger partial charge in [0.1, 0.15) is 18.4 Å². The van der Waals surface area contributed by atoms with E-state index in [0.717, 1.165) is 16.9 Å². The Morgan fingerprint density at radius 1 is 1.11 bits per heavy atom. The zero-order chi connectivity index (χ0) is 18.8. The lowest BCUT2D eigenvalue weighted by atomic mass is 9.75. The van der Waals surface area contributed by atoms with Crippen LogP contribution in [0.25, 0.3) is 0 Å². The molecule has 27 heavy (non-hydrogen) atoms. The highest BCUT2D eigenvalue weighted by Gasteiger charge is 2.47. The van der Waals surface area contributed by atoms with E-state index in [4.69, 9.17) is 15.2 Å². The van der Waals surface area contributed by atoms with Gasteiger partial charge in [-0.1, -0.05) is 48.5 Å². The maximum Gasteiger partial charge on any atom is 0.200 e. The number of hydrogen-bond donors (Lipinski definition) is 3. The van der Waals surface area contributed by atoms with Crippen molar-refractivity contribution in [1.82, 2.24) is 10.9 Å². The zero-order valence-corrected chi connectivity index (χ0v) is 15.1. The second-order valence-electron chi connectivity index (χ2n) is 6.87. The Bertz CT molecular complexity index is 891. The topological polar surface area (TPSA) is 92.3 Å². The number of rotatable bonds is 4. The van der Waals surface area contributed by atoms with Crippen LogP contribution in [0, 0.1) is 17.2 Å². The summed E-state index contributed by atoms with van der Waals surface area (Å²) < 4.78 is 11.9. The van der Waals surface area contributed by atoms with Crippen LogP contribution in [0.4, 0.5) is 0 Å². The third-order valence-electron chi connectivity index (χ3n) is 5.21. The van der Waals surface area contributed by atoms with E-state index >= 15 is 0 Å². The molecule has 2 heterocycles. The van der Waals surface area contributed by atoms with Crippen LogP contribution in [-0.4, -0.2) is 12.3 Å². The summed E-state index contributed by atoms with van der Waals surface area (Å²) >= 11 is 0. The molecule has 1 saturated heterocycles. The Morgan fingerprint density at radius 3 is 2.63 bits per heavy atom. The molecular formula is C21H22N4O2. The van der Waals surface area contributed by atoms with Crippen molar-refractivity contribution in [2.75, 3.05) is 0 Å². The Kier molecular flexibility index (Phi) is 4.71. The number of nitrogens with one attached hydrogen (secondary N) is 2. The van der Waals surface area contributed by atoms with Gasteiger partial charge in [0.15, 0.2) is 6.23 Å². The van der Waals surface area contributed by atoms with E-state index in [9.17, 15) is 5.26 Å². The van der Waals surface area contributed by atoms with Gasteiger partial charge in [-0.15, -0.1) is 0 Å². The van der Waals surface area contributed by atoms with Crippen LogP contribution in [0.1, 0.15) is 24.0 Å². The highest BCUT2D eigenvalue weighted by atomic mass is 16.5. The van der Waals surface area contributed by atoms with Gasteiger partial charge in [-0.2, -0.15) is 5.26 Å². The molecule has 4 unspecified atom stereocenters. The second-order valence-corrected chi connectivity index (χ2v) is 6.87. The number of benzene rings is 2. The van der Waals surface area contributed by atoms with Crippen LogP contribution in [0.5, 0.6) is 5.75 Å². The van der Waals surface area contributed by atoms with E-state index in [1.54, 1.807) is 0 Å². The van der Waals surface area contributed by atoms with Crippen molar-refractivity contribution in [3.05, 3.63) is 77.2 Å². The number of hydrazine groups is 1. The Morgan fingerprint density at radius 2 is 1.85 bits per heavy atom. The SMILES string of the molecule is CC1NNC2OC(N)=C(C#N)C(c3ccccc3OCc3ccccc3)C12. The maximum absolute atomic E-state index is 9.75. The Hall–Kier alpha value is -3.01. The van der Waals surface area contributed by atoms with E-state index in [0.29, 0.717) is 12.2 Å². The molecule has 4 N–H and O–H groups in total. The van der Waals surface area contributed by atoms with Crippen molar-refractivity contribution in [3.8, 4) is 11.8 Å². The Balaban J connectivity index is 1.71. The lowest BCUT2D eigenvalue weighted by Crippen LogP contribution is -2.41. The normalized spacial score (nSPS) is 26.8. The molecule has 1 fully saturated rings. The fourth-order valence-electron chi connectivity index (χ4n) is 3.88. The molecule has 0 spiro atoms. The number of hydrogen-bond acceptors (Lipinski definition) is 6. The quantitative estimate of drug-likeness (QED) is 0.774. The van der Waals surface area contributed by atoms with Crippen molar-refractivity contribution in [2.45, 2.75) is 31.7 Å². The number of nitrogens with two attached hydrogens (primary N) is 1. The summed E-state index contributed by atoms with van der Waals surface area (Å²) in [5, 5.41) is 9.75. The van der Waals surface area contributed by atoms with Crippen LogP contribution >= 0.6 is 0 Å². The molecule has 2 aliphatic rings. The van der Waals surface area contributed by atoms with Crippen LogP contribution in [0.2, 0.25) is 0 Å². The van der Waals surface area contributed by atoms with E-state index in [2.05, 4.69) is 23.8 Å². The lowest BCUT2D eigenvalue weighted by molar-refractivity contribution is 0.0347. The van der Waals surface area contributed by atoms with Crippen LogP contribution < -0.4 is 21.3 Å². The molecule has 0 saturated carbocycles. The number of allylic oxidation sites excluding steroid dienone is 1. The molecule has 2 aliphatic heterocycles. The first-order valence-electron chi connectivity index (χ1n) is 9.02. The molecule has 2 aromatic carbocycles. The summed E-state index contributed by atoms with van der Waals surface area (Å²) in [6, 6.07) is 20.2. The van der Waals surface area contributed by atoms with Crippen molar-refractivity contribution >= 4 is 0 Å². The monoisotopic (exact) mass is 362 g/mol. The fourth-order valence-corrected chi connectivity index (χ4v) is 3.88. The van der Waals surface area contributed by atoms with E-state index < -0.39 is 0 Å². The third kappa shape index (κ3) is 3.23. The predicted octanol–water partition coefficient (Wildman–Crippen LogP) is 2.51. The van der Waals surface area contributed by atoms with E-state index in [1.165, 1.54) is 0 Å². The molecule has 4 rings (SSSR count). The summed E-state index contributed by atoms with van der Waals surface area (Å²) in [5.74, 6) is 0.739. The summed E-state index contributed by atoms with van der Waals surface area (Å²) in [7, 11) is 0. The highest BCUT2D eigenvalue weighted by molar-refractivity contribution is 5.47. The third-order valence-corrected chi connectivity index (χ3v) is 5.21. The number of fused-ring (bicyclic) bond motifs is 1. The molecular weight excluding hydrogens is 340 g/mol. The van der Waals surface area contributed by atoms with Crippen molar-refractivity contribution in [3.63, 3.8) is 0 Å². The molecule has 6 heteroatoms. The molecule has 0 amide bonds. The molecule has 0 aromatic heterocycles. The lowest BCUT2D eigenvalue weighted by Gasteiger charge is -2.35. The molecule has 138 valence electrons. The van der Waals surface area contributed by atoms with Gasteiger partial charge in [-0.25, -0.2) is 5.43 Å². The average Bonchev–Trinajstić information content (AvgIpc) is 3.06. The number of ether oxygens (including phenoxy) is 2. The molecule has 0 radical (unpaired) electrons. The number of para-hydroxylation sites is 1. The molecule has 4 atom stereocenters. The van der Waals surface area contributed by atoms with Gasteiger partial charge in [-0.3, -0.25) is 5.43 Å². The number of nitriles is 1. The van der Waals surface area contributed by atoms with Gasteiger partial charge in [0.25, 0.3) is 0 Å². The van der Waals surface area contributed by atoms with Crippen molar-refractivity contribution in [1.29, 1.82) is 5.26 Å². The van der Waals surface area contributed by atoms with Gasteiger partial charge in [0.05, 0.1) is 5.57 Å². The highest BCUT2D eigenvalue weighted by Crippen LogP contribution is 2.45. The molecule has 2 aromatic rings. The number of nitrogens with zero attached hydrogens (tertiary/aromatic N) is 1. The van der Waals surface area contributed by atoms with Crippen molar-refractivity contribution in [2.24, 2.45) is 11.7 Å². The summed E-state index contributed by atoms with van der Waals surface area (Å²) in [6.45, 7) is 2.53. The Labute approximate surface area is 158 Å². The summed E-state index contributed by atoms with van der Waals surface area (Å²) in [4.78, 5) is 0. The van der Waals surface area contributed by atoms with E-state index in [1.807, 2.05) is 54.6 Å². The second kappa shape index (κ2) is 7.31. The average molecular weight is 362 g/mol. The van der Waals surface area contributed by atoms with Gasteiger partial charge in [0, 0.05) is 23.4 Å². The van der Waals surface area contributed by atoms with Gasteiger partial charge in [-0.05, 0) is 18.6 Å². The van der Waals surface area contributed by atoms with Gasteiger partial charge < -0.3 is 15.2 Å². The zero-order valence-electron chi connectivity index (χ0n) is 15.1. The van der Waals surface area contributed by atoms with Crippen LogP contribution in [0.15, 0.2) is 66.1 Å². The van der Waals surface area contributed by atoms with Crippen molar-refractivity contribution < 1.29 is 9.47 Å². The largest absolute Gasteiger partial charge is 0.489 e. The minimum absolute atomic E-state index is 0.0217. The van der Waals surface area contributed by atoms with Gasteiger partial charge >= 0.3 is 0 Å². The first-order chi connectivity index (χ1) is 13.2. The summed E-state index contributed by atoms with van der Waals surface area (Å²) in [5.41, 5.74) is 14.9. The van der Waals surface area contributed by atoms with Crippen LogP contribution in [-0.2, 0) is 11.3 Å². The first-order valence-corrected chi connectivity index (χ1v) is 9.02.